The smallest absolute Gasteiger partial charge is 0.328 e. The van der Waals surface area contributed by atoms with Crippen LogP contribution in [-0.4, -0.2) is 65.5 Å². The van der Waals surface area contributed by atoms with Crippen molar-refractivity contribution in [3.8, 4) is 5.75 Å². The van der Waals surface area contributed by atoms with Gasteiger partial charge in [0.2, 0.25) is 17.7 Å². The van der Waals surface area contributed by atoms with E-state index < -0.39 is 29.9 Å². The highest BCUT2D eigenvalue weighted by Gasteiger charge is 2.31. The van der Waals surface area contributed by atoms with Crippen LogP contribution >= 0.6 is 15.9 Å². The van der Waals surface area contributed by atoms with Crippen LogP contribution in [0.3, 0.4) is 0 Å². The normalized spacial score (nSPS) is 28.8. The molecule has 37 heavy (non-hydrogen) atoms. The summed E-state index contributed by atoms with van der Waals surface area (Å²) in [6.07, 6.45) is 2.94. The fourth-order valence-corrected chi connectivity index (χ4v) is 4.81. The van der Waals surface area contributed by atoms with Crippen LogP contribution in [0.5, 0.6) is 5.75 Å². The number of cyclic esters (lactones) is 1. The first-order valence-electron chi connectivity index (χ1n) is 12.5. The maximum absolute atomic E-state index is 13.3. The number of carbonyl (C=O) groups is 4. The highest BCUT2D eigenvalue weighted by Crippen LogP contribution is 2.25. The third kappa shape index (κ3) is 9.18. The molecule has 1 aromatic carbocycles. The Balaban J connectivity index is 2.34. The van der Waals surface area contributed by atoms with E-state index in [1.54, 1.807) is 26.0 Å². The van der Waals surface area contributed by atoms with E-state index in [9.17, 15) is 24.3 Å². The molecule has 9 nitrogen and oxygen atoms in total. The Morgan fingerprint density at radius 2 is 1.78 bits per heavy atom. The number of hydrogen-bond donors (Lipinski definition) is 3. The van der Waals surface area contributed by atoms with Gasteiger partial charge in [0.15, 0.2) is 0 Å². The maximum atomic E-state index is 13.3. The summed E-state index contributed by atoms with van der Waals surface area (Å²) < 4.78 is 6.02. The summed E-state index contributed by atoms with van der Waals surface area (Å²) in [6, 6.07) is 2.89. The van der Waals surface area contributed by atoms with Crippen molar-refractivity contribution in [3.63, 3.8) is 0 Å². The number of nitrogens with zero attached hydrogens (tertiary/aromatic N) is 1. The van der Waals surface area contributed by atoms with Gasteiger partial charge in [0, 0.05) is 19.4 Å². The van der Waals surface area contributed by atoms with E-state index >= 15 is 0 Å². The molecule has 0 saturated carbocycles. The molecule has 0 spiro atoms. The van der Waals surface area contributed by atoms with Crippen molar-refractivity contribution < 1.29 is 29.0 Å². The lowest BCUT2D eigenvalue weighted by Crippen LogP contribution is -2.54. The number of phenols is 1. The van der Waals surface area contributed by atoms with Crippen LogP contribution in [0.2, 0.25) is 0 Å². The first kappa shape index (κ1) is 30.3. The number of hydrogen-bond acceptors (Lipinski definition) is 6. The Morgan fingerprint density at radius 3 is 2.43 bits per heavy atom. The Morgan fingerprint density at radius 1 is 1.11 bits per heavy atom. The molecule has 3 amide bonds. The number of allylic oxidation sites excluding steroid dienone is 2. The third-order valence-electron chi connectivity index (χ3n) is 6.40. The zero-order valence-corrected chi connectivity index (χ0v) is 23.9. The molecule has 0 radical (unpaired) electrons. The van der Waals surface area contributed by atoms with Crippen LogP contribution in [0.1, 0.15) is 53.0 Å². The van der Waals surface area contributed by atoms with Gasteiger partial charge in [-0.15, -0.1) is 0 Å². The lowest BCUT2D eigenvalue weighted by atomic mass is 9.96. The SMILES string of the molecule is C/C1=C\[C@@H](C)C[C@@H](C)OC(=O)[C@@H](C)NC(=O)[C@H](Cc2ccc(O)c(Br)c2)N(C)C(=O)CNC(=O)[C@H](C)C1. The standard InChI is InChI=1S/C27H38BrN3O6/c1-15-9-16(2)11-18(4)37-27(36)19(5)30-26(35)22(13-20-7-8-23(32)21(28)12-20)31(6)24(33)14-29-25(34)17(3)10-15/h7-9,12,16-19,22,32H,10-11,13-14H2,1-6H3,(H,29,34)(H,30,35)/b15-9+/t16-,17-,18-,19-,22+/m1/s1. The molecule has 10 heteroatoms. The molecule has 2 rings (SSSR count). The summed E-state index contributed by atoms with van der Waals surface area (Å²) in [5.74, 6) is -1.98. The summed E-state index contributed by atoms with van der Waals surface area (Å²) >= 11 is 3.26. The van der Waals surface area contributed by atoms with Gasteiger partial charge in [0.05, 0.1) is 17.1 Å². The van der Waals surface area contributed by atoms with Crippen LogP contribution in [0.15, 0.2) is 34.3 Å². The van der Waals surface area contributed by atoms with E-state index in [4.69, 9.17) is 4.74 Å². The minimum absolute atomic E-state index is 0.0454. The van der Waals surface area contributed by atoms with Crippen molar-refractivity contribution in [3.05, 3.63) is 39.9 Å². The monoisotopic (exact) mass is 579 g/mol. The minimum Gasteiger partial charge on any atom is -0.507 e. The summed E-state index contributed by atoms with van der Waals surface area (Å²) in [5.41, 5.74) is 1.73. The zero-order valence-electron chi connectivity index (χ0n) is 22.3. The molecule has 0 aliphatic carbocycles. The molecule has 0 fully saturated rings. The van der Waals surface area contributed by atoms with Crippen molar-refractivity contribution in [2.45, 2.75) is 72.1 Å². The molecule has 0 bridgehead atoms. The molecule has 0 unspecified atom stereocenters. The van der Waals surface area contributed by atoms with E-state index in [0.717, 1.165) is 5.57 Å². The molecule has 1 aromatic rings. The van der Waals surface area contributed by atoms with Crippen LogP contribution < -0.4 is 10.6 Å². The predicted molar refractivity (Wildman–Crippen MR) is 144 cm³/mol. The number of aromatic hydroxyl groups is 1. The largest absolute Gasteiger partial charge is 0.507 e. The topological polar surface area (TPSA) is 125 Å². The Bertz CT molecular complexity index is 1040. The zero-order chi connectivity index (χ0) is 27.9. The number of halogens is 1. The second-order valence-electron chi connectivity index (χ2n) is 10.0. The number of likely N-dealkylation sites (N-methyl/N-ethyl adjacent to an activating group) is 1. The molecule has 5 atom stereocenters. The summed E-state index contributed by atoms with van der Waals surface area (Å²) in [6.45, 7) is 8.85. The average Bonchev–Trinajstić information content (AvgIpc) is 2.81. The molecule has 0 aromatic heterocycles. The fraction of sp³-hybridized carbons (Fsp3) is 0.556. The predicted octanol–water partition coefficient (Wildman–Crippen LogP) is 3.09. The number of rotatable bonds is 2. The van der Waals surface area contributed by atoms with Gasteiger partial charge in [-0.3, -0.25) is 14.4 Å². The highest BCUT2D eigenvalue weighted by molar-refractivity contribution is 9.10. The number of phenolic OH excluding ortho intramolecular Hbond substituents is 1. The summed E-state index contributed by atoms with van der Waals surface area (Å²) in [4.78, 5) is 52.9. The number of carbonyl (C=O) groups excluding carboxylic acids is 4. The van der Waals surface area contributed by atoms with E-state index in [0.29, 0.717) is 22.9 Å². The van der Waals surface area contributed by atoms with Crippen molar-refractivity contribution in [1.29, 1.82) is 0 Å². The fourth-order valence-electron chi connectivity index (χ4n) is 4.38. The van der Waals surface area contributed by atoms with E-state index in [2.05, 4.69) is 32.6 Å². The molecule has 1 aliphatic rings. The van der Waals surface area contributed by atoms with E-state index in [1.165, 1.54) is 24.9 Å². The molecule has 1 heterocycles. The van der Waals surface area contributed by atoms with Gasteiger partial charge in [-0.25, -0.2) is 4.79 Å². The Kier molecular flexibility index (Phi) is 11.2. The van der Waals surface area contributed by atoms with Gasteiger partial charge in [0.25, 0.3) is 0 Å². The lowest BCUT2D eigenvalue weighted by molar-refractivity contribution is -0.153. The first-order chi connectivity index (χ1) is 17.3. The Labute approximate surface area is 227 Å². The van der Waals surface area contributed by atoms with Gasteiger partial charge in [-0.1, -0.05) is 31.6 Å². The van der Waals surface area contributed by atoms with E-state index in [-0.39, 0.29) is 42.6 Å². The van der Waals surface area contributed by atoms with Gasteiger partial charge in [0.1, 0.15) is 17.8 Å². The molecule has 204 valence electrons. The molecular weight excluding hydrogens is 542 g/mol. The number of nitrogens with one attached hydrogen (secondary N) is 2. The highest BCUT2D eigenvalue weighted by atomic mass is 79.9. The lowest BCUT2D eigenvalue weighted by Gasteiger charge is -2.29. The van der Waals surface area contributed by atoms with Crippen molar-refractivity contribution in [1.82, 2.24) is 15.5 Å². The van der Waals surface area contributed by atoms with Gasteiger partial charge in [-0.2, -0.15) is 0 Å². The van der Waals surface area contributed by atoms with Gasteiger partial charge in [-0.05, 0) is 73.2 Å². The molecule has 3 N–H and O–H groups in total. The number of benzene rings is 1. The van der Waals surface area contributed by atoms with Crippen molar-refractivity contribution in [2.24, 2.45) is 11.8 Å². The molecule has 0 saturated heterocycles. The first-order valence-corrected chi connectivity index (χ1v) is 13.3. The van der Waals surface area contributed by atoms with Crippen molar-refractivity contribution in [2.75, 3.05) is 13.6 Å². The van der Waals surface area contributed by atoms with Crippen LogP contribution in [0.25, 0.3) is 0 Å². The number of esters is 1. The third-order valence-corrected chi connectivity index (χ3v) is 7.03. The summed E-state index contributed by atoms with van der Waals surface area (Å²) in [5, 5.41) is 15.2. The van der Waals surface area contributed by atoms with Crippen molar-refractivity contribution >= 4 is 39.6 Å². The molecular formula is C27H38BrN3O6. The van der Waals surface area contributed by atoms with Gasteiger partial charge >= 0.3 is 5.97 Å². The second-order valence-corrected chi connectivity index (χ2v) is 10.9. The second kappa shape index (κ2) is 13.6. The minimum atomic E-state index is -0.977. The van der Waals surface area contributed by atoms with E-state index in [1.807, 2.05) is 13.8 Å². The Hall–Kier alpha value is -2.88. The van der Waals surface area contributed by atoms with Gasteiger partial charge < -0.3 is 25.4 Å². The molecule has 1 aliphatic heterocycles. The van der Waals surface area contributed by atoms with Crippen LogP contribution in [0.4, 0.5) is 0 Å². The van der Waals surface area contributed by atoms with Crippen LogP contribution in [-0.2, 0) is 30.3 Å². The van der Waals surface area contributed by atoms with Crippen LogP contribution in [0, 0.1) is 11.8 Å². The number of amides is 3. The quantitative estimate of drug-likeness (QED) is 0.365. The summed E-state index contributed by atoms with van der Waals surface area (Å²) in [7, 11) is 1.48. The number of ether oxygens (including phenoxy) is 1. The maximum Gasteiger partial charge on any atom is 0.328 e. The average molecular weight is 581 g/mol.